The predicted molar refractivity (Wildman–Crippen MR) is 65.6 cm³/mol. The highest BCUT2D eigenvalue weighted by atomic mass is 14.9. The van der Waals surface area contributed by atoms with E-state index in [0.717, 1.165) is 0 Å². The van der Waals surface area contributed by atoms with Crippen LogP contribution in [0.15, 0.2) is 36.5 Å². The highest BCUT2D eigenvalue weighted by Gasteiger charge is 2.01. The fourth-order valence-corrected chi connectivity index (χ4v) is 1.78. The van der Waals surface area contributed by atoms with Gasteiger partial charge in [-0.05, 0) is 18.6 Å². The summed E-state index contributed by atoms with van der Waals surface area (Å²) in [4.78, 5) is 0. The highest BCUT2D eigenvalue weighted by Crippen LogP contribution is 2.20. The molecule has 0 bridgehead atoms. The van der Waals surface area contributed by atoms with Crippen LogP contribution in [0.2, 0.25) is 0 Å². The minimum Gasteiger partial charge on any atom is -0.350 e. The van der Waals surface area contributed by atoms with E-state index in [1.165, 1.54) is 16.5 Å². The average molecular weight is 200 g/mol. The number of hydrogen-bond acceptors (Lipinski definition) is 1. The largest absolute Gasteiger partial charge is 0.350 e. The number of aromatic nitrogens is 1. The lowest BCUT2D eigenvalue weighted by atomic mass is 10.1. The third kappa shape index (κ3) is 1.95. The van der Waals surface area contributed by atoms with Gasteiger partial charge in [0.25, 0.3) is 0 Å². The van der Waals surface area contributed by atoms with E-state index in [2.05, 4.69) is 48.2 Å². The van der Waals surface area contributed by atoms with Crippen molar-refractivity contribution in [2.24, 2.45) is 12.8 Å². The van der Waals surface area contributed by atoms with Crippen LogP contribution in [0.1, 0.15) is 12.5 Å². The van der Waals surface area contributed by atoms with Crippen LogP contribution in [-0.4, -0.2) is 10.6 Å². The Labute approximate surface area is 90.0 Å². The van der Waals surface area contributed by atoms with Gasteiger partial charge in [0, 0.05) is 24.7 Å². The third-order valence-corrected chi connectivity index (χ3v) is 2.51. The Morgan fingerprint density at radius 2 is 2.13 bits per heavy atom. The third-order valence-electron chi connectivity index (χ3n) is 2.51. The van der Waals surface area contributed by atoms with E-state index in [0.29, 0.717) is 0 Å². The summed E-state index contributed by atoms with van der Waals surface area (Å²) < 4.78 is 2.14. The molecule has 1 aromatic heterocycles. The molecule has 2 heteroatoms. The Bertz CT molecular complexity index is 492. The number of fused-ring (bicyclic) bond motifs is 1. The van der Waals surface area contributed by atoms with Crippen molar-refractivity contribution in [3.8, 4) is 0 Å². The zero-order chi connectivity index (χ0) is 10.8. The minimum atomic E-state index is 0.0977. The Kier molecular flexibility index (Phi) is 2.60. The van der Waals surface area contributed by atoms with Crippen molar-refractivity contribution in [3.63, 3.8) is 0 Å². The number of rotatable bonds is 2. The molecule has 1 aromatic carbocycles. The molecule has 0 saturated carbocycles. The lowest BCUT2D eigenvalue weighted by Gasteiger charge is -2.02. The van der Waals surface area contributed by atoms with Gasteiger partial charge < -0.3 is 10.3 Å². The van der Waals surface area contributed by atoms with Crippen molar-refractivity contribution in [2.45, 2.75) is 13.0 Å². The van der Waals surface area contributed by atoms with E-state index < -0.39 is 0 Å². The van der Waals surface area contributed by atoms with E-state index in [4.69, 9.17) is 5.73 Å². The molecule has 2 nitrogen and oxygen atoms in total. The molecule has 15 heavy (non-hydrogen) atoms. The maximum atomic E-state index is 5.70. The Balaban J connectivity index is 2.55. The molecule has 1 atom stereocenters. The summed E-state index contributed by atoms with van der Waals surface area (Å²) in [5.41, 5.74) is 8.18. The zero-order valence-corrected chi connectivity index (χ0v) is 9.14. The van der Waals surface area contributed by atoms with Gasteiger partial charge in [-0.25, -0.2) is 0 Å². The van der Waals surface area contributed by atoms with Gasteiger partial charge in [0.2, 0.25) is 0 Å². The van der Waals surface area contributed by atoms with Crippen LogP contribution < -0.4 is 5.73 Å². The second-order valence-electron chi connectivity index (χ2n) is 3.93. The molecule has 0 amide bonds. The number of nitrogens with zero attached hydrogens (tertiary/aromatic N) is 1. The fraction of sp³-hybridized carbons (Fsp3) is 0.231. The molecule has 0 radical (unpaired) electrons. The molecule has 2 aromatic rings. The van der Waals surface area contributed by atoms with Crippen LogP contribution in [0.5, 0.6) is 0 Å². The second kappa shape index (κ2) is 3.91. The van der Waals surface area contributed by atoms with Gasteiger partial charge in [0.1, 0.15) is 0 Å². The zero-order valence-electron chi connectivity index (χ0n) is 9.14. The summed E-state index contributed by atoms with van der Waals surface area (Å²) in [5, 5.41) is 1.27. The molecule has 0 fully saturated rings. The predicted octanol–water partition coefficient (Wildman–Crippen LogP) is 2.54. The molecule has 0 spiro atoms. The van der Waals surface area contributed by atoms with E-state index in [1.54, 1.807) is 0 Å². The second-order valence-corrected chi connectivity index (χ2v) is 3.93. The van der Waals surface area contributed by atoms with Gasteiger partial charge in [-0.2, -0.15) is 0 Å². The fourth-order valence-electron chi connectivity index (χ4n) is 1.78. The summed E-state index contributed by atoms with van der Waals surface area (Å²) in [7, 11) is 2.06. The lowest BCUT2D eigenvalue weighted by molar-refractivity contribution is 0.930. The molecule has 0 saturated heterocycles. The molecule has 1 heterocycles. The maximum Gasteiger partial charge on any atom is 0.0551 e. The molecule has 1 unspecified atom stereocenters. The quantitative estimate of drug-likeness (QED) is 0.793. The van der Waals surface area contributed by atoms with Gasteiger partial charge in [0.05, 0.1) is 5.52 Å². The highest BCUT2D eigenvalue weighted by molar-refractivity contribution is 5.88. The van der Waals surface area contributed by atoms with Gasteiger partial charge in [-0.15, -0.1) is 0 Å². The first-order valence-electron chi connectivity index (χ1n) is 5.16. The molecular formula is C13H16N2. The maximum absolute atomic E-state index is 5.70. The number of aryl methyl sites for hydroxylation is 1. The number of hydrogen-bond donors (Lipinski definition) is 1. The first kappa shape index (κ1) is 9.99. The van der Waals surface area contributed by atoms with Gasteiger partial charge >= 0.3 is 0 Å². The topological polar surface area (TPSA) is 30.9 Å². The molecule has 78 valence electrons. The molecule has 2 N–H and O–H groups in total. The standard InChI is InChI=1S/C13H16N2/c1-10(14)6-7-11-4-3-5-12-8-9-15(2)13(11)12/h3-10H,14H2,1-2H3/b7-6+. The number of para-hydroxylation sites is 1. The Morgan fingerprint density at radius 3 is 2.87 bits per heavy atom. The van der Waals surface area contributed by atoms with Crippen LogP contribution in [0.3, 0.4) is 0 Å². The summed E-state index contributed by atoms with van der Waals surface area (Å²) in [6, 6.07) is 8.53. The smallest absolute Gasteiger partial charge is 0.0551 e. The summed E-state index contributed by atoms with van der Waals surface area (Å²) in [6.45, 7) is 1.97. The van der Waals surface area contributed by atoms with Crippen molar-refractivity contribution in [1.82, 2.24) is 4.57 Å². The van der Waals surface area contributed by atoms with Gasteiger partial charge in [-0.1, -0.05) is 30.4 Å². The van der Waals surface area contributed by atoms with Crippen LogP contribution in [0, 0.1) is 0 Å². The summed E-state index contributed by atoms with van der Waals surface area (Å²) in [5.74, 6) is 0. The minimum absolute atomic E-state index is 0.0977. The van der Waals surface area contributed by atoms with E-state index in [1.807, 2.05) is 13.0 Å². The van der Waals surface area contributed by atoms with Crippen molar-refractivity contribution >= 4 is 17.0 Å². The Hall–Kier alpha value is -1.54. The Morgan fingerprint density at radius 1 is 1.33 bits per heavy atom. The van der Waals surface area contributed by atoms with Crippen molar-refractivity contribution in [3.05, 3.63) is 42.1 Å². The first-order valence-corrected chi connectivity index (χ1v) is 5.16. The van der Waals surface area contributed by atoms with Crippen LogP contribution in [-0.2, 0) is 7.05 Å². The average Bonchev–Trinajstić information content (AvgIpc) is 2.58. The van der Waals surface area contributed by atoms with E-state index >= 15 is 0 Å². The van der Waals surface area contributed by atoms with Crippen LogP contribution >= 0.6 is 0 Å². The first-order chi connectivity index (χ1) is 7.18. The molecule has 0 aliphatic heterocycles. The van der Waals surface area contributed by atoms with Crippen LogP contribution in [0.4, 0.5) is 0 Å². The SMILES string of the molecule is CC(N)/C=C/c1cccc2ccn(C)c12. The molecule has 0 aliphatic carbocycles. The summed E-state index contributed by atoms with van der Waals surface area (Å²) >= 11 is 0. The van der Waals surface area contributed by atoms with E-state index in [9.17, 15) is 0 Å². The molecular weight excluding hydrogens is 184 g/mol. The van der Waals surface area contributed by atoms with Crippen molar-refractivity contribution < 1.29 is 0 Å². The van der Waals surface area contributed by atoms with Crippen molar-refractivity contribution in [2.75, 3.05) is 0 Å². The normalized spacial score (nSPS) is 13.8. The van der Waals surface area contributed by atoms with Gasteiger partial charge in [0.15, 0.2) is 0 Å². The van der Waals surface area contributed by atoms with Gasteiger partial charge in [-0.3, -0.25) is 0 Å². The van der Waals surface area contributed by atoms with Crippen molar-refractivity contribution in [1.29, 1.82) is 0 Å². The van der Waals surface area contributed by atoms with E-state index in [-0.39, 0.29) is 6.04 Å². The van der Waals surface area contributed by atoms with Crippen LogP contribution in [0.25, 0.3) is 17.0 Å². The number of nitrogens with two attached hydrogens (primary N) is 1. The summed E-state index contributed by atoms with van der Waals surface area (Å²) in [6.07, 6.45) is 6.18. The monoisotopic (exact) mass is 200 g/mol. The lowest BCUT2D eigenvalue weighted by Crippen LogP contribution is -2.09. The molecule has 2 rings (SSSR count). The molecule has 0 aliphatic rings. The number of benzene rings is 1.